The van der Waals surface area contributed by atoms with Crippen LogP contribution in [0.4, 0.5) is 0 Å². The lowest BCUT2D eigenvalue weighted by atomic mass is 10.3. The van der Waals surface area contributed by atoms with E-state index in [1.54, 1.807) is 0 Å². The van der Waals surface area contributed by atoms with Gasteiger partial charge in [0.2, 0.25) is 0 Å². The van der Waals surface area contributed by atoms with Gasteiger partial charge in [0.15, 0.2) is 0 Å². The molecule has 0 unspecified atom stereocenters. The zero-order valence-corrected chi connectivity index (χ0v) is 8.14. The van der Waals surface area contributed by atoms with Crippen molar-refractivity contribution < 1.29 is 0 Å². The molecule has 0 aliphatic carbocycles. The van der Waals surface area contributed by atoms with E-state index in [-0.39, 0.29) is 0 Å². The van der Waals surface area contributed by atoms with E-state index in [2.05, 4.69) is 37.5 Å². The third kappa shape index (κ3) is 9.04. The van der Waals surface area contributed by atoms with Crippen LogP contribution in [-0.4, -0.2) is 0 Å². The summed E-state index contributed by atoms with van der Waals surface area (Å²) in [7, 11) is 0. The second-order valence-electron chi connectivity index (χ2n) is 2.54. The van der Waals surface area contributed by atoms with Crippen molar-refractivity contribution in [2.45, 2.75) is 39.5 Å². The molecule has 0 N–H and O–H groups in total. The Morgan fingerprint density at radius 1 is 0.750 bits per heavy atom. The average Bonchev–Trinajstić information content (AvgIpc) is 2.10. The van der Waals surface area contributed by atoms with Gasteiger partial charge in [0.05, 0.1) is 0 Å². The highest BCUT2D eigenvalue weighted by atomic mass is 13.8. The van der Waals surface area contributed by atoms with E-state index in [9.17, 15) is 0 Å². The van der Waals surface area contributed by atoms with E-state index >= 15 is 0 Å². The maximum atomic E-state index is 3.12. The highest BCUT2D eigenvalue weighted by Crippen LogP contribution is 1.91. The smallest absolute Gasteiger partial charge is 0.0234 e. The summed E-state index contributed by atoms with van der Waals surface area (Å²) in [6.07, 6.45) is 12.5. The van der Waals surface area contributed by atoms with Gasteiger partial charge in [-0.25, -0.2) is 0 Å². The largest absolute Gasteiger partial charge is 0.130 e. The molecule has 0 aliphatic rings. The van der Waals surface area contributed by atoms with E-state index in [4.69, 9.17) is 0 Å². The van der Waals surface area contributed by atoms with Crippen LogP contribution < -0.4 is 0 Å². The topological polar surface area (TPSA) is 0 Å². The zero-order valence-electron chi connectivity index (χ0n) is 8.14. The molecule has 0 bridgehead atoms. The van der Waals surface area contributed by atoms with Crippen molar-refractivity contribution in [2.75, 3.05) is 0 Å². The molecule has 12 heavy (non-hydrogen) atoms. The lowest BCUT2D eigenvalue weighted by Gasteiger charge is -1.79. The number of allylic oxidation sites excluding steroid dienone is 2. The highest BCUT2D eigenvalue weighted by Gasteiger charge is 1.72. The molecule has 0 heterocycles. The minimum Gasteiger partial charge on any atom is -0.130 e. The Balaban J connectivity index is 3.44. The number of unbranched alkanes of at least 4 members (excludes halogenated alkanes) is 1. The van der Waals surface area contributed by atoms with Crippen LogP contribution in [0, 0.1) is 0 Å². The minimum atomic E-state index is 1.07. The molecule has 0 saturated heterocycles. The Kier molecular flexibility index (Phi) is 9.24. The maximum absolute atomic E-state index is 3.12. The van der Waals surface area contributed by atoms with Gasteiger partial charge in [-0.05, 0) is 50.0 Å². The molecule has 0 amide bonds. The summed E-state index contributed by atoms with van der Waals surface area (Å²) in [5.41, 5.74) is 6.24. The Morgan fingerprint density at radius 2 is 1.17 bits per heavy atom. The van der Waals surface area contributed by atoms with Gasteiger partial charge in [-0.1, -0.05) is 13.8 Å². The van der Waals surface area contributed by atoms with Gasteiger partial charge in [0.1, 0.15) is 0 Å². The number of rotatable bonds is 5. The van der Waals surface area contributed by atoms with Crippen LogP contribution >= 0.6 is 0 Å². The van der Waals surface area contributed by atoms with E-state index in [0.717, 1.165) is 25.7 Å². The highest BCUT2D eigenvalue weighted by molar-refractivity contribution is 4.89. The molecule has 0 aromatic rings. The summed E-state index contributed by atoms with van der Waals surface area (Å²) in [5.74, 6) is 0. The molecule has 0 atom stereocenters. The molecule has 0 heteroatoms. The Hall–Kier alpha value is -0.960. The molecule has 0 aromatic heterocycles. The predicted molar refractivity (Wildman–Crippen MR) is 55.1 cm³/mol. The Labute approximate surface area is 76.0 Å². The fourth-order valence-electron chi connectivity index (χ4n) is 0.736. The summed E-state index contributed by atoms with van der Waals surface area (Å²) >= 11 is 0. The first-order valence-corrected chi connectivity index (χ1v) is 4.70. The molecule has 0 rings (SSSR count). The van der Waals surface area contributed by atoms with E-state index in [0.29, 0.717) is 0 Å². The van der Waals surface area contributed by atoms with Crippen LogP contribution in [-0.2, 0) is 0 Å². The number of hydrogen-bond acceptors (Lipinski definition) is 0. The Bertz CT molecular complexity index is 172. The van der Waals surface area contributed by atoms with Crippen molar-refractivity contribution >= 4 is 0 Å². The van der Waals surface area contributed by atoms with Crippen molar-refractivity contribution in [3.05, 3.63) is 35.8 Å². The summed E-state index contributed by atoms with van der Waals surface area (Å²) < 4.78 is 0. The molecule has 0 aliphatic heterocycles. The molecule has 0 fully saturated rings. The van der Waals surface area contributed by atoms with Crippen molar-refractivity contribution in [1.82, 2.24) is 0 Å². The van der Waals surface area contributed by atoms with Crippen LogP contribution in [0.1, 0.15) is 39.5 Å². The number of hydrogen-bond donors (Lipinski definition) is 0. The van der Waals surface area contributed by atoms with Crippen LogP contribution in [0.15, 0.2) is 35.8 Å². The summed E-state index contributed by atoms with van der Waals surface area (Å²) in [6.45, 7) is 4.23. The average molecular weight is 162 g/mol. The molecular weight excluding hydrogens is 144 g/mol. The van der Waals surface area contributed by atoms with Crippen molar-refractivity contribution in [2.24, 2.45) is 0 Å². The first-order chi connectivity index (χ1) is 5.91. The monoisotopic (exact) mass is 162 g/mol. The first kappa shape index (κ1) is 11.0. The van der Waals surface area contributed by atoms with Crippen LogP contribution in [0.2, 0.25) is 0 Å². The minimum absolute atomic E-state index is 1.07. The van der Waals surface area contributed by atoms with Gasteiger partial charge in [0, 0.05) is 0 Å². The molecule has 66 valence electrons. The lowest BCUT2D eigenvalue weighted by molar-refractivity contribution is 1.05. The SMILES string of the molecule is CCC=C=CCCC=C=CCC. The molecular formula is C12H18. The summed E-state index contributed by atoms with van der Waals surface area (Å²) in [6, 6.07) is 0. The van der Waals surface area contributed by atoms with E-state index in [1.807, 2.05) is 12.2 Å². The third-order valence-electron chi connectivity index (χ3n) is 1.33. The van der Waals surface area contributed by atoms with Gasteiger partial charge in [0.25, 0.3) is 0 Å². The Morgan fingerprint density at radius 3 is 1.50 bits per heavy atom. The van der Waals surface area contributed by atoms with Gasteiger partial charge in [-0.15, -0.1) is 11.5 Å². The van der Waals surface area contributed by atoms with Gasteiger partial charge in [-0.2, -0.15) is 0 Å². The maximum Gasteiger partial charge on any atom is -0.0234 e. The fourth-order valence-corrected chi connectivity index (χ4v) is 0.736. The zero-order chi connectivity index (χ0) is 9.07. The quantitative estimate of drug-likeness (QED) is 0.423. The van der Waals surface area contributed by atoms with E-state index < -0.39 is 0 Å². The van der Waals surface area contributed by atoms with Gasteiger partial charge in [-0.3, -0.25) is 0 Å². The van der Waals surface area contributed by atoms with Crippen LogP contribution in [0.3, 0.4) is 0 Å². The molecule has 0 aromatic carbocycles. The summed E-state index contributed by atoms with van der Waals surface area (Å²) in [4.78, 5) is 0. The van der Waals surface area contributed by atoms with E-state index in [1.165, 1.54) is 0 Å². The summed E-state index contributed by atoms with van der Waals surface area (Å²) in [5, 5.41) is 0. The van der Waals surface area contributed by atoms with Gasteiger partial charge >= 0.3 is 0 Å². The standard InChI is InChI=1S/C12H18/c1-3-5-7-9-11-12-10-8-6-4-2/h5-6,9-10H,3-4,11-12H2,1-2H3. The molecule has 0 spiro atoms. The molecule has 0 radical (unpaired) electrons. The van der Waals surface area contributed by atoms with Crippen molar-refractivity contribution in [3.63, 3.8) is 0 Å². The van der Waals surface area contributed by atoms with Crippen LogP contribution in [0.25, 0.3) is 0 Å². The second-order valence-corrected chi connectivity index (χ2v) is 2.54. The normalized spacial score (nSPS) is 7.83. The lowest BCUT2D eigenvalue weighted by Crippen LogP contribution is -1.60. The second kappa shape index (κ2) is 10.0. The van der Waals surface area contributed by atoms with Crippen LogP contribution in [0.5, 0.6) is 0 Å². The fraction of sp³-hybridized carbons (Fsp3) is 0.500. The van der Waals surface area contributed by atoms with Gasteiger partial charge < -0.3 is 0 Å². The molecule has 0 saturated carbocycles. The van der Waals surface area contributed by atoms with Crippen molar-refractivity contribution in [3.8, 4) is 0 Å². The first-order valence-electron chi connectivity index (χ1n) is 4.70. The van der Waals surface area contributed by atoms with Crippen molar-refractivity contribution in [1.29, 1.82) is 0 Å². The molecule has 0 nitrogen and oxygen atoms in total. The third-order valence-corrected chi connectivity index (χ3v) is 1.33. The predicted octanol–water partition coefficient (Wildman–Crippen LogP) is 4.01.